The molecule has 2 radical (unpaired) electrons. The average molecular weight is 260 g/mol. The van der Waals surface area contributed by atoms with E-state index in [0.717, 1.165) is 11.3 Å². The van der Waals surface area contributed by atoms with E-state index in [1.165, 1.54) is 0 Å². The summed E-state index contributed by atoms with van der Waals surface area (Å²) in [6.45, 7) is 12.3. The largest absolute Gasteiger partial charge is 0.408 e. The van der Waals surface area contributed by atoms with E-state index in [1.807, 2.05) is 32.9 Å². The van der Waals surface area contributed by atoms with E-state index in [4.69, 9.17) is 9.69 Å². The molecule has 0 N–H and O–H groups in total. The van der Waals surface area contributed by atoms with Gasteiger partial charge in [-0.2, -0.15) is 5.26 Å². The van der Waals surface area contributed by atoms with E-state index in [2.05, 4.69) is 31.8 Å². The lowest BCUT2D eigenvalue weighted by Crippen LogP contribution is -2.28. The first-order valence-corrected chi connectivity index (χ1v) is 6.90. The van der Waals surface area contributed by atoms with Gasteiger partial charge in [-0.3, -0.25) is 0 Å². The minimum absolute atomic E-state index is 0.127. The summed E-state index contributed by atoms with van der Waals surface area (Å²) in [7, 11) is 0.376. The molecular formula is C14H20N2OSi. The van der Waals surface area contributed by atoms with Gasteiger partial charge in [0.1, 0.15) is 11.8 Å². The molecule has 96 valence electrons. The van der Waals surface area contributed by atoms with E-state index in [0.29, 0.717) is 15.5 Å². The molecule has 0 unspecified atom stereocenters. The summed E-state index contributed by atoms with van der Waals surface area (Å²) in [4.78, 5) is 4.26. The summed E-state index contributed by atoms with van der Waals surface area (Å²) < 4.78 is 6.00. The van der Waals surface area contributed by atoms with Crippen molar-refractivity contribution in [2.24, 2.45) is 0 Å². The first kappa shape index (κ1) is 14.9. The molecule has 0 amide bonds. The van der Waals surface area contributed by atoms with Crippen LogP contribution in [-0.2, 0) is 10.0 Å². The van der Waals surface area contributed by atoms with Gasteiger partial charge >= 0.3 is 0 Å². The molecule has 0 aliphatic rings. The minimum Gasteiger partial charge on any atom is -0.408 e. The molecule has 1 aromatic rings. The second-order valence-corrected chi connectivity index (χ2v) is 7.83. The van der Waals surface area contributed by atoms with Crippen molar-refractivity contribution in [1.82, 2.24) is 4.98 Å². The highest BCUT2D eigenvalue weighted by molar-refractivity contribution is 6.31. The normalized spacial score (nSPS) is 12.3. The van der Waals surface area contributed by atoms with Gasteiger partial charge in [0.2, 0.25) is 9.76 Å². The van der Waals surface area contributed by atoms with Gasteiger partial charge in [0.15, 0.2) is 0 Å². The van der Waals surface area contributed by atoms with Crippen molar-refractivity contribution < 1.29 is 4.43 Å². The van der Waals surface area contributed by atoms with Gasteiger partial charge in [0.05, 0.1) is 5.60 Å². The van der Waals surface area contributed by atoms with Crippen LogP contribution in [-0.4, -0.2) is 14.7 Å². The number of hydrogen-bond acceptors (Lipinski definition) is 3. The second kappa shape index (κ2) is 5.21. The number of hydrogen-bond donors (Lipinski definition) is 0. The number of aromatic nitrogens is 1. The molecule has 18 heavy (non-hydrogen) atoms. The van der Waals surface area contributed by atoms with E-state index in [-0.39, 0.29) is 5.04 Å². The summed E-state index contributed by atoms with van der Waals surface area (Å²) in [5.74, 6) is 0. The molecule has 3 nitrogen and oxygen atoms in total. The van der Waals surface area contributed by atoms with Crippen LogP contribution in [0.3, 0.4) is 0 Å². The molecule has 0 saturated carbocycles. The van der Waals surface area contributed by atoms with E-state index >= 15 is 0 Å². The maximum Gasteiger partial charge on any atom is 0.236 e. The summed E-state index contributed by atoms with van der Waals surface area (Å²) in [5, 5.41) is 9.30. The van der Waals surface area contributed by atoms with Crippen LogP contribution in [0, 0.1) is 18.3 Å². The van der Waals surface area contributed by atoms with Crippen molar-refractivity contribution >= 4 is 9.76 Å². The third-order valence-corrected chi connectivity index (χ3v) is 3.63. The first-order valence-electron chi connectivity index (χ1n) is 5.99. The van der Waals surface area contributed by atoms with Crippen LogP contribution >= 0.6 is 0 Å². The predicted octanol–water partition coefficient (Wildman–Crippen LogP) is 3.35. The van der Waals surface area contributed by atoms with Crippen molar-refractivity contribution in [1.29, 1.82) is 5.26 Å². The zero-order valence-electron chi connectivity index (χ0n) is 12.0. The lowest BCUT2D eigenvalue weighted by Gasteiger charge is -2.30. The maximum atomic E-state index is 9.17. The first-order chi connectivity index (χ1) is 8.15. The number of aryl methyl sites for hydroxylation is 1. The Morgan fingerprint density at radius 1 is 1.22 bits per heavy atom. The highest BCUT2D eigenvalue weighted by Crippen LogP contribution is 2.30. The monoisotopic (exact) mass is 260 g/mol. The molecule has 0 saturated heterocycles. The van der Waals surface area contributed by atoms with Crippen LogP contribution in [0.1, 0.15) is 51.6 Å². The van der Waals surface area contributed by atoms with Gasteiger partial charge in [0.25, 0.3) is 0 Å². The molecule has 0 aliphatic heterocycles. The highest BCUT2D eigenvalue weighted by atomic mass is 28.2. The highest BCUT2D eigenvalue weighted by Gasteiger charge is 2.28. The van der Waals surface area contributed by atoms with Gasteiger partial charge in [-0.1, -0.05) is 26.8 Å². The van der Waals surface area contributed by atoms with E-state index < -0.39 is 5.60 Å². The Balaban J connectivity index is 3.02. The Hall–Kier alpha value is -1.18. The third-order valence-electron chi connectivity index (χ3n) is 2.40. The van der Waals surface area contributed by atoms with Crippen molar-refractivity contribution in [3.8, 4) is 6.07 Å². The summed E-state index contributed by atoms with van der Waals surface area (Å²) >= 11 is 0. The van der Waals surface area contributed by atoms with Crippen LogP contribution < -0.4 is 0 Å². The summed E-state index contributed by atoms with van der Waals surface area (Å²) in [5.41, 5.74) is 1.67. The Morgan fingerprint density at radius 2 is 1.83 bits per heavy atom. The zero-order chi connectivity index (χ0) is 14.0. The van der Waals surface area contributed by atoms with Crippen molar-refractivity contribution in [2.45, 2.75) is 52.2 Å². The second-order valence-electron chi connectivity index (χ2n) is 5.93. The molecular weight excluding hydrogens is 240 g/mol. The predicted molar refractivity (Wildman–Crippen MR) is 73.3 cm³/mol. The molecule has 0 fully saturated rings. The maximum absolute atomic E-state index is 9.17. The molecule has 0 aliphatic carbocycles. The molecule has 0 atom stereocenters. The molecule has 0 aromatic carbocycles. The molecule has 4 heteroatoms. The molecule has 1 aromatic heterocycles. The van der Waals surface area contributed by atoms with Crippen LogP contribution in [0.4, 0.5) is 0 Å². The summed E-state index contributed by atoms with van der Waals surface area (Å²) in [6, 6.07) is 6.01. The number of rotatable bonds is 3. The fourth-order valence-electron chi connectivity index (χ4n) is 1.46. The van der Waals surface area contributed by atoms with Crippen molar-refractivity contribution in [2.75, 3.05) is 0 Å². The van der Waals surface area contributed by atoms with E-state index in [9.17, 15) is 0 Å². The quantitative estimate of drug-likeness (QED) is 0.783. The van der Waals surface area contributed by atoms with Gasteiger partial charge in [-0.05, 0) is 31.9 Å². The van der Waals surface area contributed by atoms with Crippen LogP contribution in [0.5, 0.6) is 0 Å². The lowest BCUT2D eigenvalue weighted by atomic mass is 9.97. The topological polar surface area (TPSA) is 45.9 Å². The fraction of sp³-hybridized carbons (Fsp3) is 0.571. The standard InChI is InChI=1S/C14H20N2OSi/c1-10-7-8-11(12(9-15)16-10)14(5,6)17-18-13(2,3)4/h7-8H,1-6H3. The fourth-order valence-corrected chi connectivity index (χ4v) is 2.13. The lowest BCUT2D eigenvalue weighted by molar-refractivity contribution is 0.109. The van der Waals surface area contributed by atoms with Crippen LogP contribution in [0.2, 0.25) is 5.04 Å². The van der Waals surface area contributed by atoms with E-state index in [1.54, 1.807) is 0 Å². The number of nitrogens with zero attached hydrogens (tertiary/aromatic N) is 2. The van der Waals surface area contributed by atoms with Crippen molar-refractivity contribution in [3.63, 3.8) is 0 Å². The Morgan fingerprint density at radius 3 is 2.33 bits per heavy atom. The summed E-state index contributed by atoms with van der Waals surface area (Å²) in [6.07, 6.45) is 0. The smallest absolute Gasteiger partial charge is 0.236 e. The third kappa shape index (κ3) is 3.93. The molecule has 1 heterocycles. The molecule has 1 rings (SSSR count). The van der Waals surface area contributed by atoms with Crippen LogP contribution in [0.25, 0.3) is 0 Å². The average Bonchev–Trinajstić information content (AvgIpc) is 2.25. The minimum atomic E-state index is -0.489. The number of nitriles is 1. The van der Waals surface area contributed by atoms with Gasteiger partial charge < -0.3 is 4.43 Å². The Kier molecular flexibility index (Phi) is 4.31. The van der Waals surface area contributed by atoms with Gasteiger partial charge in [-0.15, -0.1) is 0 Å². The van der Waals surface area contributed by atoms with Crippen LogP contribution in [0.15, 0.2) is 12.1 Å². The van der Waals surface area contributed by atoms with Gasteiger partial charge in [0, 0.05) is 11.3 Å². The zero-order valence-corrected chi connectivity index (χ0v) is 13.0. The number of pyridine rings is 1. The van der Waals surface area contributed by atoms with Crippen molar-refractivity contribution in [3.05, 3.63) is 29.1 Å². The van der Waals surface area contributed by atoms with Gasteiger partial charge in [-0.25, -0.2) is 4.98 Å². The molecule has 0 bridgehead atoms. The Labute approximate surface area is 112 Å². The Bertz CT molecular complexity index is 470. The SMILES string of the molecule is Cc1ccc(C(C)(C)O[Si]C(C)(C)C)c(C#N)n1. The molecule has 0 spiro atoms.